The molecule has 4 N–H and O–H groups in total. The van der Waals surface area contributed by atoms with Gasteiger partial charge in [-0.3, -0.25) is 4.79 Å². The van der Waals surface area contributed by atoms with Crippen molar-refractivity contribution in [2.75, 3.05) is 13.2 Å². The number of aliphatic hydroxyl groups is 4. The lowest BCUT2D eigenvalue weighted by atomic mass is 9.59. The average Bonchev–Trinajstić information content (AvgIpc) is 3.41. The van der Waals surface area contributed by atoms with Crippen molar-refractivity contribution in [1.29, 1.82) is 0 Å². The van der Waals surface area contributed by atoms with E-state index >= 15 is 0 Å². The molecule has 9 atom stereocenters. The maximum atomic E-state index is 14.2. The molecule has 4 aliphatic rings. The van der Waals surface area contributed by atoms with E-state index in [2.05, 4.69) is 13.0 Å². The van der Waals surface area contributed by atoms with Crippen LogP contribution in [0.25, 0.3) is 0 Å². The number of unbranched alkanes of at least 4 members (excludes halogenated alkanes) is 1. The number of ketones is 1. The maximum Gasteiger partial charge on any atom is 0.330 e. The summed E-state index contributed by atoms with van der Waals surface area (Å²) in [5, 5.41) is 44.0. The Hall–Kier alpha value is -2.32. The summed E-state index contributed by atoms with van der Waals surface area (Å²) in [5.74, 6) is -1.94. The number of esters is 1. The fourth-order valence-electron chi connectivity index (χ4n) is 7.34. The first-order chi connectivity index (χ1) is 17.5. The van der Waals surface area contributed by atoms with Gasteiger partial charge in [0.25, 0.3) is 0 Å². The number of allylic oxidation sites excluding steroid dienone is 6. The lowest BCUT2D eigenvalue weighted by molar-refractivity contribution is -0.190. The summed E-state index contributed by atoms with van der Waals surface area (Å²) in [6.45, 7) is 7.22. The standard InChI is InChI=1S/C30H40O7/c1-5-6-7-8-9-10-11-12-23(32)37-17-28(4)22-13-19(3)29-15-18(2)25(33)30(29,36)26(34)20(16-31)14-21(24(22)28)27(29)35/h7-12,14-15,19,21-22,24-26,31,33-34,36H,5-6,13,16-17H2,1-4H3/b8-7+,10-9+,12-11+/t19-,21+,22-,24+,25+,26-,28-,29+,30-/m1/s1. The van der Waals surface area contributed by atoms with Gasteiger partial charge in [0, 0.05) is 17.4 Å². The fourth-order valence-corrected chi connectivity index (χ4v) is 7.34. The van der Waals surface area contributed by atoms with E-state index in [1.807, 2.05) is 26.0 Å². The zero-order valence-corrected chi connectivity index (χ0v) is 22.1. The number of carbonyl (C=O) groups excluding carboxylic acids is 2. The number of carbonyl (C=O) groups is 2. The van der Waals surface area contributed by atoms with Crippen molar-refractivity contribution in [1.82, 2.24) is 0 Å². The SMILES string of the molecule is CCC/C=C/C=C/C=C/C(=O)OC[C@@]1(C)[C@H]2[C@@H]3C=C(CO)[C@@H](O)[C@]4(O)[C@@H](O)C(C)=C[C@@]4(C3=O)[C@H](C)C[C@H]21. The normalized spacial score (nSPS) is 42.9. The van der Waals surface area contributed by atoms with E-state index in [4.69, 9.17) is 4.74 Å². The van der Waals surface area contributed by atoms with Crippen molar-refractivity contribution in [3.8, 4) is 0 Å². The molecule has 7 heteroatoms. The number of hydrogen-bond acceptors (Lipinski definition) is 7. The minimum atomic E-state index is -2.15. The van der Waals surface area contributed by atoms with Gasteiger partial charge in [0.05, 0.1) is 18.6 Å². The number of hydrogen-bond donors (Lipinski definition) is 4. The van der Waals surface area contributed by atoms with Gasteiger partial charge in [0.1, 0.15) is 17.8 Å². The molecule has 202 valence electrons. The van der Waals surface area contributed by atoms with E-state index in [9.17, 15) is 30.0 Å². The minimum absolute atomic E-state index is 0.0401. The van der Waals surface area contributed by atoms with Gasteiger partial charge in [-0.25, -0.2) is 4.79 Å². The highest BCUT2D eigenvalue weighted by Gasteiger charge is 2.76. The third kappa shape index (κ3) is 4.11. The zero-order valence-electron chi connectivity index (χ0n) is 22.1. The molecule has 0 aliphatic heterocycles. The van der Waals surface area contributed by atoms with E-state index in [1.165, 1.54) is 6.08 Å². The predicted molar refractivity (Wildman–Crippen MR) is 139 cm³/mol. The molecule has 4 rings (SSSR count). The monoisotopic (exact) mass is 512 g/mol. The number of aliphatic hydroxyl groups excluding tert-OH is 3. The van der Waals surface area contributed by atoms with Crippen molar-refractivity contribution in [2.24, 2.45) is 34.5 Å². The van der Waals surface area contributed by atoms with Crippen LogP contribution in [0.2, 0.25) is 0 Å². The van der Waals surface area contributed by atoms with Crippen molar-refractivity contribution in [2.45, 2.75) is 64.8 Å². The Bertz CT molecular complexity index is 1080. The van der Waals surface area contributed by atoms with Crippen molar-refractivity contribution < 1.29 is 34.8 Å². The van der Waals surface area contributed by atoms with Crippen LogP contribution in [0.5, 0.6) is 0 Å². The topological polar surface area (TPSA) is 124 Å². The van der Waals surface area contributed by atoms with E-state index in [-0.39, 0.29) is 35.7 Å². The molecule has 0 aromatic carbocycles. The van der Waals surface area contributed by atoms with Crippen LogP contribution in [0.3, 0.4) is 0 Å². The molecule has 0 saturated heterocycles. The molecule has 0 amide bonds. The summed E-state index contributed by atoms with van der Waals surface area (Å²) in [6.07, 6.45) is 13.5. The molecular weight excluding hydrogens is 472 g/mol. The van der Waals surface area contributed by atoms with Gasteiger partial charge in [-0.2, -0.15) is 0 Å². The average molecular weight is 513 g/mol. The van der Waals surface area contributed by atoms with Crippen LogP contribution >= 0.6 is 0 Å². The zero-order chi connectivity index (χ0) is 27.2. The predicted octanol–water partition coefficient (Wildman–Crippen LogP) is 2.81. The summed E-state index contributed by atoms with van der Waals surface area (Å²) in [4.78, 5) is 26.6. The first kappa shape index (κ1) is 27.7. The third-order valence-electron chi connectivity index (χ3n) is 9.41. The second-order valence-electron chi connectivity index (χ2n) is 11.5. The Kier molecular flexibility index (Phi) is 7.56. The molecule has 0 unspecified atom stereocenters. The molecule has 2 saturated carbocycles. The summed E-state index contributed by atoms with van der Waals surface area (Å²) >= 11 is 0. The van der Waals surface area contributed by atoms with Crippen molar-refractivity contribution in [3.63, 3.8) is 0 Å². The summed E-state index contributed by atoms with van der Waals surface area (Å²) < 4.78 is 5.59. The fraction of sp³-hybridized carbons (Fsp3) is 0.600. The Morgan fingerprint density at radius 2 is 1.89 bits per heavy atom. The Labute approximate surface area is 218 Å². The maximum absolute atomic E-state index is 14.2. The first-order valence-electron chi connectivity index (χ1n) is 13.3. The smallest absolute Gasteiger partial charge is 0.330 e. The molecule has 1 spiro atoms. The summed E-state index contributed by atoms with van der Waals surface area (Å²) in [5.41, 5.74) is -3.51. The first-order valence-corrected chi connectivity index (χ1v) is 13.3. The van der Waals surface area contributed by atoms with E-state index in [0.29, 0.717) is 12.0 Å². The van der Waals surface area contributed by atoms with Crippen LogP contribution in [0.1, 0.15) is 47.0 Å². The molecule has 0 aromatic heterocycles. The van der Waals surface area contributed by atoms with Gasteiger partial charge in [0.15, 0.2) is 5.78 Å². The minimum Gasteiger partial charge on any atom is -0.462 e. The number of fused-ring (bicyclic) bond motifs is 3. The third-order valence-corrected chi connectivity index (χ3v) is 9.41. The van der Waals surface area contributed by atoms with Crippen LogP contribution in [0.15, 0.2) is 59.8 Å². The largest absolute Gasteiger partial charge is 0.462 e. The van der Waals surface area contributed by atoms with Crippen LogP contribution < -0.4 is 0 Å². The van der Waals surface area contributed by atoms with Crippen molar-refractivity contribution >= 4 is 11.8 Å². The van der Waals surface area contributed by atoms with Gasteiger partial charge >= 0.3 is 5.97 Å². The number of rotatable bonds is 8. The lowest BCUT2D eigenvalue weighted by Gasteiger charge is -2.48. The quantitative estimate of drug-likeness (QED) is 0.171. The van der Waals surface area contributed by atoms with Crippen LogP contribution in [-0.2, 0) is 14.3 Å². The highest BCUT2D eigenvalue weighted by molar-refractivity contribution is 5.95. The van der Waals surface area contributed by atoms with Gasteiger partial charge in [-0.05, 0) is 48.7 Å². The molecule has 0 heterocycles. The second-order valence-corrected chi connectivity index (χ2v) is 11.5. The van der Waals surface area contributed by atoms with E-state index in [1.54, 1.807) is 31.2 Å². The molecule has 0 radical (unpaired) electrons. The molecule has 0 aromatic rings. The molecular formula is C30H40O7. The molecule has 4 aliphatic carbocycles. The Balaban J connectivity index is 1.56. The van der Waals surface area contributed by atoms with Crippen LogP contribution in [-0.4, -0.2) is 63.2 Å². The highest BCUT2D eigenvalue weighted by Crippen LogP contribution is 2.71. The van der Waals surface area contributed by atoms with Crippen LogP contribution in [0.4, 0.5) is 0 Å². The van der Waals surface area contributed by atoms with Gasteiger partial charge < -0.3 is 25.2 Å². The van der Waals surface area contributed by atoms with Crippen LogP contribution in [0, 0.1) is 34.5 Å². The molecule has 7 nitrogen and oxygen atoms in total. The van der Waals surface area contributed by atoms with Gasteiger partial charge in [-0.1, -0.05) is 69.7 Å². The Morgan fingerprint density at radius 3 is 2.57 bits per heavy atom. The molecule has 37 heavy (non-hydrogen) atoms. The lowest BCUT2D eigenvalue weighted by Crippen LogP contribution is -2.65. The van der Waals surface area contributed by atoms with Gasteiger partial charge in [-0.15, -0.1) is 0 Å². The molecule has 2 bridgehead atoms. The van der Waals surface area contributed by atoms with E-state index in [0.717, 1.165) is 12.8 Å². The number of Topliss-reactive ketones (excluding diaryl/α,β-unsaturated/α-hetero) is 1. The molecule has 2 fully saturated rings. The van der Waals surface area contributed by atoms with E-state index < -0.39 is 47.1 Å². The summed E-state index contributed by atoms with van der Waals surface area (Å²) in [6, 6.07) is 0. The Morgan fingerprint density at radius 1 is 1.19 bits per heavy atom. The second kappa shape index (κ2) is 10.1. The van der Waals surface area contributed by atoms with Crippen molar-refractivity contribution in [3.05, 3.63) is 59.8 Å². The van der Waals surface area contributed by atoms with Gasteiger partial charge in [0.2, 0.25) is 0 Å². The number of ether oxygens (including phenoxy) is 1. The summed E-state index contributed by atoms with van der Waals surface area (Å²) in [7, 11) is 0. The highest BCUT2D eigenvalue weighted by atomic mass is 16.5.